The van der Waals surface area contributed by atoms with Crippen molar-refractivity contribution >= 4 is 22.9 Å². The second-order valence-electron chi connectivity index (χ2n) is 3.97. The summed E-state index contributed by atoms with van der Waals surface area (Å²) >= 11 is 1.18. The van der Waals surface area contributed by atoms with Gasteiger partial charge in [-0.05, 0) is 18.9 Å². The first kappa shape index (κ1) is 10.8. The van der Waals surface area contributed by atoms with Crippen molar-refractivity contribution in [2.75, 3.05) is 25.4 Å². The van der Waals surface area contributed by atoms with Gasteiger partial charge in [0, 0.05) is 18.8 Å². The number of carbonyl (C=O) groups excluding carboxylic acids is 2. The topological polar surface area (TPSA) is 75.4 Å². The molecule has 2 aliphatic rings. The normalized spacial score (nSPS) is 30.7. The minimum absolute atomic E-state index is 0.0456. The molecule has 2 saturated heterocycles. The Morgan fingerprint density at radius 1 is 1.67 bits per heavy atom. The summed E-state index contributed by atoms with van der Waals surface area (Å²) in [7, 11) is 0. The minimum Gasteiger partial charge on any atom is -0.341 e. The molecule has 0 radical (unpaired) electrons. The first-order valence-electron chi connectivity index (χ1n) is 5.13. The molecule has 6 heteroatoms. The number of rotatable bonds is 2. The van der Waals surface area contributed by atoms with Crippen LogP contribution >= 0.6 is 11.8 Å². The van der Waals surface area contributed by atoms with Gasteiger partial charge in [0.05, 0.1) is 0 Å². The molecule has 2 atom stereocenters. The Labute approximate surface area is 92.7 Å². The average Bonchev–Trinajstić information content (AvgIpc) is 2.84. The van der Waals surface area contributed by atoms with E-state index < -0.39 is 0 Å². The number of carbonyl (C=O) groups is 2. The molecule has 5 nitrogen and oxygen atoms in total. The third-order valence-electron chi connectivity index (χ3n) is 2.90. The van der Waals surface area contributed by atoms with Gasteiger partial charge in [0.1, 0.15) is 6.04 Å². The van der Waals surface area contributed by atoms with Gasteiger partial charge in [0.15, 0.2) is 0 Å². The predicted octanol–water partition coefficient (Wildman–Crippen LogP) is -0.381. The van der Waals surface area contributed by atoms with Gasteiger partial charge >= 0.3 is 0 Å². The van der Waals surface area contributed by atoms with Gasteiger partial charge in [-0.25, -0.2) is 0 Å². The highest BCUT2D eigenvalue weighted by Gasteiger charge is 2.34. The molecule has 2 unspecified atom stereocenters. The number of thioether (sulfide) groups is 1. The largest absolute Gasteiger partial charge is 0.341 e. The van der Waals surface area contributed by atoms with E-state index in [9.17, 15) is 9.59 Å². The third kappa shape index (κ3) is 2.26. The summed E-state index contributed by atoms with van der Waals surface area (Å²) in [5.41, 5.74) is 5.56. The van der Waals surface area contributed by atoms with E-state index in [1.807, 2.05) is 4.90 Å². The lowest BCUT2D eigenvalue weighted by molar-refractivity contribution is -0.131. The molecule has 0 bridgehead atoms. The quantitative estimate of drug-likeness (QED) is 0.677. The van der Waals surface area contributed by atoms with E-state index in [-0.39, 0.29) is 17.2 Å². The molecule has 0 spiro atoms. The summed E-state index contributed by atoms with van der Waals surface area (Å²) in [4.78, 5) is 24.7. The van der Waals surface area contributed by atoms with Crippen LogP contribution in [-0.4, -0.2) is 47.5 Å². The van der Waals surface area contributed by atoms with E-state index in [4.69, 9.17) is 5.73 Å². The summed E-state index contributed by atoms with van der Waals surface area (Å²) in [5, 5.41) is 2.57. The summed E-state index contributed by atoms with van der Waals surface area (Å²) < 4.78 is 0. The lowest BCUT2D eigenvalue weighted by atomic mass is 10.1. The number of hydrogen-bond donors (Lipinski definition) is 2. The maximum Gasteiger partial charge on any atom is 0.279 e. The van der Waals surface area contributed by atoms with E-state index in [1.54, 1.807) is 0 Å². The van der Waals surface area contributed by atoms with Crippen molar-refractivity contribution in [2.45, 2.75) is 12.5 Å². The Balaban J connectivity index is 1.89. The van der Waals surface area contributed by atoms with Crippen molar-refractivity contribution in [1.29, 1.82) is 0 Å². The number of hydrogen-bond acceptors (Lipinski definition) is 4. The smallest absolute Gasteiger partial charge is 0.279 e. The van der Waals surface area contributed by atoms with Crippen molar-refractivity contribution < 1.29 is 9.59 Å². The standard InChI is InChI=1S/C9H15N3O2S/c10-3-6-1-2-12(4-6)8(13)7-5-15-9(14)11-7/h6-7H,1-5,10H2,(H,11,14). The minimum atomic E-state index is -0.320. The van der Waals surface area contributed by atoms with Crippen LogP contribution in [0.25, 0.3) is 0 Å². The molecule has 0 saturated carbocycles. The SMILES string of the molecule is NCC1CCN(C(=O)C2CSC(=O)N2)C1. The molecule has 2 fully saturated rings. The Kier molecular flexibility index (Phi) is 3.16. The van der Waals surface area contributed by atoms with Crippen LogP contribution in [0.15, 0.2) is 0 Å². The van der Waals surface area contributed by atoms with Gasteiger partial charge in [-0.15, -0.1) is 0 Å². The molecule has 0 aliphatic carbocycles. The van der Waals surface area contributed by atoms with Gasteiger partial charge in [0.2, 0.25) is 5.91 Å². The monoisotopic (exact) mass is 229 g/mol. The second-order valence-corrected chi connectivity index (χ2v) is 4.96. The van der Waals surface area contributed by atoms with Gasteiger partial charge in [-0.1, -0.05) is 11.8 Å². The van der Waals surface area contributed by atoms with Crippen LogP contribution in [0.2, 0.25) is 0 Å². The van der Waals surface area contributed by atoms with Crippen molar-refractivity contribution in [3.63, 3.8) is 0 Å². The molecule has 2 rings (SSSR count). The molecule has 2 aliphatic heterocycles. The van der Waals surface area contributed by atoms with E-state index >= 15 is 0 Å². The van der Waals surface area contributed by atoms with Crippen LogP contribution < -0.4 is 11.1 Å². The van der Waals surface area contributed by atoms with Gasteiger partial charge in [0.25, 0.3) is 5.24 Å². The lowest BCUT2D eigenvalue weighted by Gasteiger charge is -2.19. The van der Waals surface area contributed by atoms with Crippen LogP contribution in [0, 0.1) is 5.92 Å². The molecule has 0 aromatic heterocycles. The maximum atomic E-state index is 11.9. The number of nitrogens with two attached hydrogens (primary N) is 1. The third-order valence-corrected chi connectivity index (χ3v) is 3.78. The highest BCUT2D eigenvalue weighted by molar-refractivity contribution is 8.14. The van der Waals surface area contributed by atoms with Gasteiger partial charge in [-0.3, -0.25) is 9.59 Å². The van der Waals surface area contributed by atoms with Gasteiger partial charge in [-0.2, -0.15) is 0 Å². The van der Waals surface area contributed by atoms with E-state index in [1.165, 1.54) is 11.8 Å². The van der Waals surface area contributed by atoms with Crippen molar-refractivity contribution in [2.24, 2.45) is 11.7 Å². The van der Waals surface area contributed by atoms with Crippen LogP contribution in [0.5, 0.6) is 0 Å². The molecule has 15 heavy (non-hydrogen) atoms. The Bertz CT molecular complexity index is 285. The highest BCUT2D eigenvalue weighted by atomic mass is 32.2. The predicted molar refractivity (Wildman–Crippen MR) is 58.5 cm³/mol. The van der Waals surface area contributed by atoms with Crippen molar-refractivity contribution in [3.05, 3.63) is 0 Å². The lowest BCUT2D eigenvalue weighted by Crippen LogP contribution is -2.44. The highest BCUT2D eigenvalue weighted by Crippen LogP contribution is 2.19. The number of likely N-dealkylation sites (tertiary alicyclic amines) is 1. The number of amides is 2. The molecule has 84 valence electrons. The Hall–Kier alpha value is -0.750. The molecule has 0 aromatic carbocycles. The van der Waals surface area contributed by atoms with Gasteiger partial charge < -0.3 is 16.0 Å². The average molecular weight is 229 g/mol. The van der Waals surface area contributed by atoms with E-state index in [0.717, 1.165) is 19.5 Å². The maximum absolute atomic E-state index is 11.9. The molecule has 2 amide bonds. The van der Waals surface area contributed by atoms with Crippen LogP contribution in [0.4, 0.5) is 4.79 Å². The zero-order chi connectivity index (χ0) is 10.8. The number of nitrogens with one attached hydrogen (secondary N) is 1. The molecule has 2 heterocycles. The Morgan fingerprint density at radius 3 is 3.00 bits per heavy atom. The summed E-state index contributed by atoms with van der Waals surface area (Å²) in [6.45, 7) is 2.15. The Morgan fingerprint density at radius 2 is 2.47 bits per heavy atom. The zero-order valence-electron chi connectivity index (χ0n) is 8.44. The fraction of sp³-hybridized carbons (Fsp3) is 0.778. The van der Waals surface area contributed by atoms with E-state index in [2.05, 4.69) is 5.32 Å². The fourth-order valence-corrected chi connectivity index (χ4v) is 2.73. The number of nitrogens with zero attached hydrogens (tertiary/aromatic N) is 1. The van der Waals surface area contributed by atoms with Crippen LogP contribution in [0.3, 0.4) is 0 Å². The summed E-state index contributed by atoms with van der Waals surface area (Å²) in [6.07, 6.45) is 0.982. The first-order valence-corrected chi connectivity index (χ1v) is 6.11. The van der Waals surface area contributed by atoms with Crippen LogP contribution in [0.1, 0.15) is 6.42 Å². The van der Waals surface area contributed by atoms with Crippen LogP contribution in [-0.2, 0) is 4.79 Å². The van der Waals surface area contributed by atoms with E-state index in [0.29, 0.717) is 18.2 Å². The van der Waals surface area contributed by atoms with Crippen molar-refractivity contribution in [3.8, 4) is 0 Å². The molecular formula is C9H15N3O2S. The fourth-order valence-electron chi connectivity index (χ4n) is 1.96. The molecular weight excluding hydrogens is 214 g/mol. The summed E-state index contributed by atoms with van der Waals surface area (Å²) in [6, 6.07) is -0.320. The van der Waals surface area contributed by atoms with Crippen molar-refractivity contribution in [1.82, 2.24) is 10.2 Å². The molecule has 0 aromatic rings. The zero-order valence-corrected chi connectivity index (χ0v) is 9.26. The first-order chi connectivity index (χ1) is 7.20. The second kappa shape index (κ2) is 4.40. The summed E-state index contributed by atoms with van der Waals surface area (Å²) in [5.74, 6) is 1.03. The molecule has 3 N–H and O–H groups in total.